The van der Waals surface area contributed by atoms with Crippen molar-refractivity contribution in [3.05, 3.63) is 77.0 Å². The Bertz CT molecular complexity index is 1120. The zero-order valence-electron chi connectivity index (χ0n) is 14.1. The number of anilines is 2. The predicted molar refractivity (Wildman–Crippen MR) is 103 cm³/mol. The summed E-state index contributed by atoms with van der Waals surface area (Å²) in [5.74, 6) is 0.550. The standard InChI is InChI=1S/C19H17ClN6/c1-12(13-6-3-2-4-7-13)26-11-22-18-16(17(26)21)19(25-24-18)23-15-9-5-8-14(20)10-15/h2-12,21H,1H3,(H2,23,24,25). The molecule has 1 unspecified atom stereocenters. The van der Waals surface area contributed by atoms with E-state index < -0.39 is 0 Å². The third kappa shape index (κ3) is 2.95. The maximum absolute atomic E-state index is 8.68. The van der Waals surface area contributed by atoms with E-state index in [0.29, 0.717) is 27.4 Å². The Hall–Kier alpha value is -3.12. The van der Waals surface area contributed by atoms with Crippen molar-refractivity contribution in [2.45, 2.75) is 13.0 Å². The fourth-order valence-corrected chi connectivity index (χ4v) is 3.13. The fraction of sp³-hybridized carbons (Fsp3) is 0.105. The normalized spacial score (nSPS) is 12.2. The summed E-state index contributed by atoms with van der Waals surface area (Å²) in [5.41, 5.74) is 2.82. The number of aromatic amines is 1. The SMILES string of the molecule is CC(c1ccccc1)n1cnc2[nH]nc(Nc3cccc(Cl)c3)c2c1=N. The molecule has 2 heterocycles. The summed E-state index contributed by atoms with van der Waals surface area (Å²) in [7, 11) is 0. The Kier molecular flexibility index (Phi) is 4.18. The topological polar surface area (TPSA) is 82.4 Å². The van der Waals surface area contributed by atoms with E-state index in [2.05, 4.69) is 20.5 Å². The van der Waals surface area contributed by atoms with Crippen molar-refractivity contribution < 1.29 is 0 Å². The molecule has 0 aliphatic rings. The van der Waals surface area contributed by atoms with E-state index in [1.807, 2.05) is 66.1 Å². The van der Waals surface area contributed by atoms with Gasteiger partial charge in [0.15, 0.2) is 11.5 Å². The Morgan fingerprint density at radius 1 is 1.15 bits per heavy atom. The quantitative estimate of drug-likeness (QED) is 0.506. The molecule has 2 aromatic carbocycles. The van der Waals surface area contributed by atoms with Crippen LogP contribution in [0.2, 0.25) is 5.02 Å². The Labute approximate surface area is 155 Å². The minimum absolute atomic E-state index is 0.0190. The van der Waals surface area contributed by atoms with Crippen LogP contribution in [0.25, 0.3) is 11.0 Å². The molecule has 1 atom stereocenters. The van der Waals surface area contributed by atoms with Crippen LogP contribution in [-0.4, -0.2) is 19.7 Å². The van der Waals surface area contributed by atoms with Gasteiger partial charge in [-0.3, -0.25) is 10.5 Å². The van der Waals surface area contributed by atoms with Crippen LogP contribution in [0.1, 0.15) is 18.5 Å². The number of H-pyrrole nitrogens is 1. The molecule has 130 valence electrons. The van der Waals surface area contributed by atoms with E-state index in [0.717, 1.165) is 11.3 Å². The third-order valence-corrected chi connectivity index (χ3v) is 4.58. The lowest BCUT2D eigenvalue weighted by Gasteiger charge is -2.16. The summed E-state index contributed by atoms with van der Waals surface area (Å²) in [6, 6.07) is 17.4. The number of nitrogens with one attached hydrogen (secondary N) is 3. The molecule has 0 bridgehead atoms. The summed E-state index contributed by atoms with van der Waals surface area (Å²) < 4.78 is 1.83. The van der Waals surface area contributed by atoms with Crippen LogP contribution in [-0.2, 0) is 0 Å². The van der Waals surface area contributed by atoms with Gasteiger partial charge in [0, 0.05) is 10.7 Å². The molecule has 0 spiro atoms. The predicted octanol–water partition coefficient (Wildman–Crippen LogP) is 4.25. The minimum atomic E-state index is -0.0190. The lowest BCUT2D eigenvalue weighted by molar-refractivity contribution is 0.595. The maximum Gasteiger partial charge on any atom is 0.165 e. The second-order valence-electron chi connectivity index (χ2n) is 6.02. The highest BCUT2D eigenvalue weighted by Crippen LogP contribution is 2.23. The number of nitrogens with zero attached hydrogens (tertiary/aromatic N) is 3. The average Bonchev–Trinajstić information content (AvgIpc) is 3.06. The molecule has 0 saturated carbocycles. The van der Waals surface area contributed by atoms with Crippen LogP contribution in [0.3, 0.4) is 0 Å². The smallest absolute Gasteiger partial charge is 0.165 e. The monoisotopic (exact) mass is 364 g/mol. The molecule has 26 heavy (non-hydrogen) atoms. The number of fused-ring (bicyclic) bond motifs is 1. The van der Waals surface area contributed by atoms with Gasteiger partial charge in [0.25, 0.3) is 0 Å². The van der Waals surface area contributed by atoms with Gasteiger partial charge in [-0.25, -0.2) is 4.98 Å². The van der Waals surface area contributed by atoms with Crippen LogP contribution in [0.5, 0.6) is 0 Å². The number of hydrogen-bond acceptors (Lipinski definition) is 4. The molecule has 4 aromatic rings. The summed E-state index contributed by atoms with van der Waals surface area (Å²) in [5, 5.41) is 20.3. The van der Waals surface area contributed by atoms with Crippen molar-refractivity contribution in [1.82, 2.24) is 19.7 Å². The van der Waals surface area contributed by atoms with Crippen LogP contribution in [0, 0.1) is 5.41 Å². The highest BCUT2D eigenvalue weighted by Gasteiger charge is 2.15. The first-order valence-electron chi connectivity index (χ1n) is 8.21. The van der Waals surface area contributed by atoms with Gasteiger partial charge in [-0.05, 0) is 30.7 Å². The molecule has 0 saturated heterocycles. The minimum Gasteiger partial charge on any atom is -0.338 e. The van der Waals surface area contributed by atoms with Gasteiger partial charge in [0.1, 0.15) is 10.9 Å². The first-order chi connectivity index (χ1) is 12.6. The van der Waals surface area contributed by atoms with Gasteiger partial charge >= 0.3 is 0 Å². The van der Waals surface area contributed by atoms with Crippen LogP contribution >= 0.6 is 11.6 Å². The van der Waals surface area contributed by atoms with Gasteiger partial charge in [0.05, 0.1) is 12.4 Å². The molecule has 0 aliphatic carbocycles. The van der Waals surface area contributed by atoms with E-state index in [1.165, 1.54) is 0 Å². The zero-order valence-corrected chi connectivity index (χ0v) is 14.8. The van der Waals surface area contributed by atoms with Crippen molar-refractivity contribution in [2.24, 2.45) is 0 Å². The fourth-order valence-electron chi connectivity index (χ4n) is 2.94. The number of aromatic nitrogens is 4. The highest BCUT2D eigenvalue weighted by molar-refractivity contribution is 6.30. The van der Waals surface area contributed by atoms with E-state index >= 15 is 0 Å². The van der Waals surface area contributed by atoms with Gasteiger partial charge in [0.2, 0.25) is 0 Å². The molecule has 0 radical (unpaired) electrons. The molecule has 2 aromatic heterocycles. The molecule has 0 amide bonds. The Morgan fingerprint density at radius 2 is 1.96 bits per heavy atom. The number of rotatable bonds is 4. The molecule has 6 nitrogen and oxygen atoms in total. The first-order valence-corrected chi connectivity index (χ1v) is 8.58. The molecule has 0 fully saturated rings. The largest absolute Gasteiger partial charge is 0.338 e. The second kappa shape index (κ2) is 6.65. The molecule has 0 aliphatic heterocycles. The molecule has 7 heteroatoms. The van der Waals surface area contributed by atoms with Crippen molar-refractivity contribution in [2.75, 3.05) is 5.32 Å². The molecule has 3 N–H and O–H groups in total. The third-order valence-electron chi connectivity index (χ3n) is 4.34. The average molecular weight is 365 g/mol. The van der Waals surface area contributed by atoms with Crippen LogP contribution in [0.15, 0.2) is 60.9 Å². The van der Waals surface area contributed by atoms with Gasteiger partial charge in [-0.1, -0.05) is 48.0 Å². The lowest BCUT2D eigenvalue weighted by Crippen LogP contribution is -2.24. The summed E-state index contributed by atoms with van der Waals surface area (Å²) in [6.45, 7) is 2.05. The molecular weight excluding hydrogens is 348 g/mol. The van der Waals surface area contributed by atoms with Gasteiger partial charge in [-0.2, -0.15) is 5.10 Å². The van der Waals surface area contributed by atoms with E-state index in [4.69, 9.17) is 17.0 Å². The number of benzene rings is 2. The van der Waals surface area contributed by atoms with Gasteiger partial charge < -0.3 is 9.88 Å². The highest BCUT2D eigenvalue weighted by atomic mass is 35.5. The maximum atomic E-state index is 8.68. The summed E-state index contributed by atoms with van der Waals surface area (Å²) in [4.78, 5) is 4.43. The van der Waals surface area contributed by atoms with Crippen molar-refractivity contribution in [1.29, 1.82) is 5.41 Å². The van der Waals surface area contributed by atoms with Crippen molar-refractivity contribution >= 4 is 34.1 Å². The number of halogens is 1. The van der Waals surface area contributed by atoms with Gasteiger partial charge in [-0.15, -0.1) is 0 Å². The molecule has 4 rings (SSSR count). The lowest BCUT2D eigenvalue weighted by atomic mass is 10.1. The van der Waals surface area contributed by atoms with Crippen molar-refractivity contribution in [3.8, 4) is 0 Å². The number of hydrogen-bond donors (Lipinski definition) is 3. The summed E-state index contributed by atoms with van der Waals surface area (Å²) in [6.07, 6.45) is 1.67. The molecular formula is C19H17ClN6. The second-order valence-corrected chi connectivity index (χ2v) is 6.45. The van der Waals surface area contributed by atoms with E-state index in [9.17, 15) is 0 Å². The first kappa shape index (κ1) is 16.4. The Balaban J connectivity index is 1.78. The van der Waals surface area contributed by atoms with E-state index in [1.54, 1.807) is 6.33 Å². The van der Waals surface area contributed by atoms with E-state index in [-0.39, 0.29) is 6.04 Å². The summed E-state index contributed by atoms with van der Waals surface area (Å²) >= 11 is 6.05. The zero-order chi connectivity index (χ0) is 18.1. The van der Waals surface area contributed by atoms with Crippen LogP contribution in [0.4, 0.5) is 11.5 Å². The van der Waals surface area contributed by atoms with Crippen molar-refractivity contribution in [3.63, 3.8) is 0 Å². The van der Waals surface area contributed by atoms with Crippen LogP contribution < -0.4 is 10.8 Å². The Morgan fingerprint density at radius 3 is 2.73 bits per heavy atom.